The number of piperazine rings is 1. The monoisotopic (exact) mass is 343 g/mol. The van der Waals surface area contributed by atoms with E-state index < -0.39 is 6.04 Å². The minimum Gasteiger partial charge on any atom is -0.353 e. The highest BCUT2D eigenvalue weighted by molar-refractivity contribution is 6.35. The van der Waals surface area contributed by atoms with Gasteiger partial charge in [0, 0.05) is 29.7 Å². The molecule has 0 saturated carbocycles. The lowest BCUT2D eigenvalue weighted by molar-refractivity contribution is -0.127. The van der Waals surface area contributed by atoms with Gasteiger partial charge in [-0.25, -0.2) is 4.79 Å². The van der Waals surface area contributed by atoms with Gasteiger partial charge in [-0.3, -0.25) is 4.79 Å². The number of carbonyl (C=O) groups is 2. The van der Waals surface area contributed by atoms with Crippen molar-refractivity contribution in [2.24, 2.45) is 0 Å². The van der Waals surface area contributed by atoms with Gasteiger partial charge in [-0.2, -0.15) is 0 Å². The van der Waals surface area contributed by atoms with Crippen molar-refractivity contribution in [3.63, 3.8) is 0 Å². The minimum atomic E-state index is -0.405. The summed E-state index contributed by atoms with van der Waals surface area (Å²) in [6, 6.07) is 4.69. The Morgan fingerprint density at radius 1 is 1.41 bits per heavy atom. The van der Waals surface area contributed by atoms with Crippen LogP contribution in [0.4, 0.5) is 4.79 Å². The Kier molecular flexibility index (Phi) is 5.91. The van der Waals surface area contributed by atoms with Gasteiger partial charge in [0.2, 0.25) is 5.91 Å². The van der Waals surface area contributed by atoms with Crippen LogP contribution in [0.1, 0.15) is 18.9 Å². The molecule has 0 spiro atoms. The molecule has 0 aromatic heterocycles. The smallest absolute Gasteiger partial charge is 0.318 e. The minimum absolute atomic E-state index is 0.0990. The maximum atomic E-state index is 12.2. The maximum Gasteiger partial charge on any atom is 0.318 e. The second-order valence-corrected chi connectivity index (χ2v) is 5.91. The van der Waals surface area contributed by atoms with E-state index in [1.54, 1.807) is 23.1 Å². The van der Waals surface area contributed by atoms with Crippen molar-refractivity contribution in [2.75, 3.05) is 19.6 Å². The van der Waals surface area contributed by atoms with Crippen molar-refractivity contribution >= 4 is 35.1 Å². The van der Waals surface area contributed by atoms with Crippen LogP contribution in [0.3, 0.4) is 0 Å². The van der Waals surface area contributed by atoms with Crippen LogP contribution in [0, 0.1) is 0 Å². The average molecular weight is 344 g/mol. The summed E-state index contributed by atoms with van der Waals surface area (Å²) in [5, 5.41) is 6.78. The molecule has 1 aliphatic rings. The standard InChI is InChI=1S/C15H19Cl2N3O2/c1-2-13-14(21)18-8-9-20(13)15(22)19-7-6-10-11(16)4-3-5-12(10)17/h3-5,13H,2,6-9H2,1H3,(H,18,21)(H,19,22)/t13-/m1/s1. The van der Waals surface area contributed by atoms with Crippen LogP contribution < -0.4 is 10.6 Å². The molecule has 5 nitrogen and oxygen atoms in total. The molecule has 3 amide bonds. The molecule has 1 saturated heterocycles. The summed E-state index contributed by atoms with van der Waals surface area (Å²) < 4.78 is 0. The van der Waals surface area contributed by atoms with Crippen LogP contribution >= 0.6 is 23.2 Å². The zero-order valence-corrected chi connectivity index (χ0v) is 13.9. The number of amides is 3. The fraction of sp³-hybridized carbons (Fsp3) is 0.467. The van der Waals surface area contributed by atoms with Gasteiger partial charge in [-0.1, -0.05) is 36.2 Å². The van der Waals surface area contributed by atoms with Crippen LogP contribution in [-0.2, 0) is 11.2 Å². The molecule has 1 aromatic rings. The number of benzene rings is 1. The summed E-state index contributed by atoms with van der Waals surface area (Å²) in [4.78, 5) is 25.6. The van der Waals surface area contributed by atoms with Crippen LogP contribution in [0.15, 0.2) is 18.2 Å². The van der Waals surface area contributed by atoms with Crippen molar-refractivity contribution in [2.45, 2.75) is 25.8 Å². The second kappa shape index (κ2) is 7.70. The molecule has 1 aliphatic heterocycles. The first-order chi connectivity index (χ1) is 10.5. The highest BCUT2D eigenvalue weighted by atomic mass is 35.5. The molecule has 0 aliphatic carbocycles. The zero-order chi connectivity index (χ0) is 16.1. The lowest BCUT2D eigenvalue weighted by Crippen LogP contribution is -2.59. The predicted molar refractivity (Wildman–Crippen MR) is 87.4 cm³/mol. The van der Waals surface area contributed by atoms with Crippen LogP contribution in [0.5, 0.6) is 0 Å². The number of nitrogens with one attached hydrogen (secondary N) is 2. The molecule has 1 aromatic carbocycles. The van der Waals surface area contributed by atoms with Crippen molar-refractivity contribution < 1.29 is 9.59 Å². The van der Waals surface area contributed by atoms with Crippen LogP contribution in [-0.4, -0.2) is 42.5 Å². The van der Waals surface area contributed by atoms with Crippen LogP contribution in [0.25, 0.3) is 0 Å². The van der Waals surface area contributed by atoms with E-state index in [0.717, 1.165) is 5.56 Å². The number of hydrogen-bond acceptors (Lipinski definition) is 2. The van der Waals surface area contributed by atoms with E-state index in [9.17, 15) is 9.59 Å². The molecule has 1 fully saturated rings. The van der Waals surface area contributed by atoms with Gasteiger partial charge < -0.3 is 15.5 Å². The number of nitrogens with zero attached hydrogens (tertiary/aromatic N) is 1. The molecule has 0 radical (unpaired) electrons. The molecule has 22 heavy (non-hydrogen) atoms. The molecule has 0 bridgehead atoms. The van der Waals surface area contributed by atoms with E-state index in [2.05, 4.69) is 10.6 Å². The Morgan fingerprint density at radius 3 is 2.73 bits per heavy atom. The van der Waals surface area contributed by atoms with Gasteiger partial charge in [0.15, 0.2) is 0 Å². The summed E-state index contributed by atoms with van der Waals surface area (Å²) in [6.07, 6.45) is 1.14. The van der Waals surface area contributed by atoms with Gasteiger partial charge >= 0.3 is 6.03 Å². The first kappa shape index (κ1) is 16.9. The molecule has 1 heterocycles. The molecule has 0 unspecified atom stereocenters. The van der Waals surface area contributed by atoms with Crippen molar-refractivity contribution in [1.82, 2.24) is 15.5 Å². The predicted octanol–water partition coefficient (Wildman–Crippen LogP) is 2.46. The van der Waals surface area contributed by atoms with Crippen molar-refractivity contribution in [3.05, 3.63) is 33.8 Å². The molecule has 120 valence electrons. The number of hydrogen-bond donors (Lipinski definition) is 2. The molecule has 1 atom stereocenters. The lowest BCUT2D eigenvalue weighted by atomic mass is 10.1. The van der Waals surface area contributed by atoms with E-state index in [-0.39, 0.29) is 11.9 Å². The fourth-order valence-corrected chi connectivity index (χ4v) is 3.12. The van der Waals surface area contributed by atoms with Gasteiger partial charge in [-0.15, -0.1) is 0 Å². The molecule has 7 heteroatoms. The van der Waals surface area contributed by atoms with E-state index in [1.165, 1.54) is 0 Å². The van der Waals surface area contributed by atoms with Crippen molar-refractivity contribution in [1.29, 1.82) is 0 Å². The third-order valence-electron chi connectivity index (χ3n) is 3.69. The van der Waals surface area contributed by atoms with Crippen molar-refractivity contribution in [3.8, 4) is 0 Å². The lowest BCUT2D eigenvalue weighted by Gasteiger charge is -2.34. The molecule has 2 N–H and O–H groups in total. The quantitative estimate of drug-likeness (QED) is 0.881. The van der Waals surface area contributed by atoms with E-state index in [1.807, 2.05) is 6.92 Å². The van der Waals surface area contributed by atoms with Gasteiger partial charge in [0.05, 0.1) is 0 Å². The first-order valence-corrected chi connectivity index (χ1v) is 8.05. The maximum absolute atomic E-state index is 12.2. The zero-order valence-electron chi connectivity index (χ0n) is 12.4. The Labute approximate surface area is 139 Å². The Balaban J connectivity index is 1.91. The number of urea groups is 1. The third kappa shape index (κ3) is 3.84. The Morgan fingerprint density at radius 2 is 2.09 bits per heavy atom. The summed E-state index contributed by atoms with van der Waals surface area (Å²) in [6.45, 7) is 3.30. The highest BCUT2D eigenvalue weighted by Gasteiger charge is 2.31. The topological polar surface area (TPSA) is 61.4 Å². The van der Waals surface area contributed by atoms with Gasteiger partial charge in [-0.05, 0) is 30.5 Å². The normalized spacial score (nSPS) is 18.0. The average Bonchev–Trinajstić information content (AvgIpc) is 2.49. The van der Waals surface area contributed by atoms with Gasteiger partial charge in [0.1, 0.15) is 6.04 Å². The second-order valence-electron chi connectivity index (χ2n) is 5.09. The number of halogens is 2. The number of carbonyl (C=O) groups excluding carboxylic acids is 2. The Hall–Kier alpha value is -1.46. The van der Waals surface area contributed by atoms with Gasteiger partial charge in [0.25, 0.3) is 0 Å². The first-order valence-electron chi connectivity index (χ1n) is 7.29. The SMILES string of the molecule is CC[C@@H]1C(=O)NCCN1C(=O)NCCc1c(Cl)cccc1Cl. The van der Waals surface area contributed by atoms with E-state index >= 15 is 0 Å². The molecule has 2 rings (SSSR count). The van der Waals surface area contributed by atoms with E-state index in [0.29, 0.717) is 42.5 Å². The fourth-order valence-electron chi connectivity index (χ4n) is 2.53. The summed E-state index contributed by atoms with van der Waals surface area (Å²) in [7, 11) is 0. The van der Waals surface area contributed by atoms with Crippen LogP contribution in [0.2, 0.25) is 10.0 Å². The third-order valence-corrected chi connectivity index (χ3v) is 4.40. The summed E-state index contributed by atoms with van der Waals surface area (Å²) >= 11 is 12.2. The highest BCUT2D eigenvalue weighted by Crippen LogP contribution is 2.24. The molecular weight excluding hydrogens is 325 g/mol. The summed E-state index contributed by atoms with van der Waals surface area (Å²) in [5.41, 5.74) is 0.814. The summed E-state index contributed by atoms with van der Waals surface area (Å²) in [5.74, 6) is -0.0990. The Bertz CT molecular complexity index is 545. The number of rotatable bonds is 4. The van der Waals surface area contributed by atoms with E-state index in [4.69, 9.17) is 23.2 Å². The largest absolute Gasteiger partial charge is 0.353 e. The molecular formula is C15H19Cl2N3O2.